The van der Waals surface area contributed by atoms with Gasteiger partial charge in [-0.15, -0.1) is 0 Å². The Balaban J connectivity index is 2.54. The zero-order chi connectivity index (χ0) is 36.3. The van der Waals surface area contributed by atoms with Crippen molar-refractivity contribution < 1.29 is 50.0 Å². The molecule has 1 aliphatic rings. The molecule has 8 N–H and O–H groups in total. The third kappa shape index (κ3) is 20.5. The molecule has 1 saturated heterocycles. The van der Waals surface area contributed by atoms with Gasteiger partial charge < -0.3 is 50.5 Å². The van der Waals surface area contributed by atoms with E-state index in [1.54, 1.807) is 0 Å². The van der Waals surface area contributed by atoms with Crippen LogP contribution >= 0.6 is 0 Å². The topological polar surface area (TPSA) is 189 Å². The summed E-state index contributed by atoms with van der Waals surface area (Å²) in [5, 5.41) is 75.0. The van der Waals surface area contributed by atoms with Gasteiger partial charge >= 0.3 is 0 Å². The number of carbonyl (C=O) groups excluding carboxylic acids is 1. The molecule has 0 aromatic carbocycles. The van der Waals surface area contributed by atoms with Crippen molar-refractivity contribution in [2.24, 2.45) is 0 Å². The number of allylic oxidation sites excluding steroid dienone is 2. The van der Waals surface area contributed by atoms with Crippen molar-refractivity contribution in [3.63, 3.8) is 0 Å². The molecule has 1 rings (SSSR count). The third-order valence-electron chi connectivity index (χ3n) is 9.57. The van der Waals surface area contributed by atoms with Crippen molar-refractivity contribution in [1.82, 2.24) is 5.32 Å². The van der Waals surface area contributed by atoms with E-state index in [1.165, 1.54) is 70.6 Å². The minimum absolute atomic E-state index is 0.257. The van der Waals surface area contributed by atoms with Crippen LogP contribution in [0, 0.1) is 0 Å². The number of amides is 1. The van der Waals surface area contributed by atoms with Gasteiger partial charge in [0, 0.05) is 0 Å². The minimum Gasteiger partial charge on any atom is -0.394 e. The maximum absolute atomic E-state index is 13.0. The molecular weight excluding hydrogens is 630 g/mol. The normalized spacial score (nSPS) is 23.8. The van der Waals surface area contributed by atoms with Gasteiger partial charge in [0.15, 0.2) is 6.29 Å². The second-order valence-corrected chi connectivity index (χ2v) is 14.0. The highest BCUT2D eigenvalue weighted by molar-refractivity contribution is 5.80. The molecule has 290 valence electrons. The minimum atomic E-state index is -1.66. The van der Waals surface area contributed by atoms with E-state index in [0.29, 0.717) is 12.8 Å². The lowest BCUT2D eigenvalue weighted by atomic mass is 9.98. The maximum atomic E-state index is 13.0. The Bertz CT molecular complexity index is 815. The third-order valence-corrected chi connectivity index (χ3v) is 9.57. The summed E-state index contributed by atoms with van der Waals surface area (Å²) < 4.78 is 11.0. The molecule has 11 nitrogen and oxygen atoms in total. The van der Waals surface area contributed by atoms with Crippen LogP contribution in [0.25, 0.3) is 0 Å². The van der Waals surface area contributed by atoms with Crippen molar-refractivity contribution in [3.05, 3.63) is 12.2 Å². The molecular formula is C38H73NO10. The van der Waals surface area contributed by atoms with E-state index in [0.717, 1.165) is 44.9 Å². The molecule has 1 aliphatic heterocycles. The number of ether oxygens (including phenoxy) is 2. The number of aliphatic hydroxyl groups is 7. The Morgan fingerprint density at radius 2 is 1.20 bits per heavy atom. The zero-order valence-corrected chi connectivity index (χ0v) is 30.7. The average molecular weight is 704 g/mol. The van der Waals surface area contributed by atoms with Crippen LogP contribution in [0.2, 0.25) is 0 Å². The largest absolute Gasteiger partial charge is 0.394 e. The lowest BCUT2D eigenvalue weighted by molar-refractivity contribution is -0.303. The summed E-state index contributed by atoms with van der Waals surface area (Å²) in [5.74, 6) is -0.710. The second kappa shape index (κ2) is 29.4. The summed E-state index contributed by atoms with van der Waals surface area (Å²) >= 11 is 0. The molecule has 9 unspecified atom stereocenters. The molecule has 0 saturated carbocycles. The average Bonchev–Trinajstić information content (AvgIpc) is 3.10. The first kappa shape index (κ1) is 45.9. The van der Waals surface area contributed by atoms with Crippen molar-refractivity contribution >= 4 is 5.91 Å². The summed E-state index contributed by atoms with van der Waals surface area (Å²) in [6.45, 7) is 3.33. The van der Waals surface area contributed by atoms with E-state index < -0.39 is 74.2 Å². The van der Waals surface area contributed by atoms with Gasteiger partial charge in [-0.2, -0.15) is 0 Å². The molecule has 1 amide bonds. The Hall–Kier alpha value is -1.15. The summed E-state index contributed by atoms with van der Waals surface area (Å²) in [4.78, 5) is 13.0. The number of rotatable bonds is 31. The molecule has 0 spiro atoms. The highest BCUT2D eigenvalue weighted by Gasteiger charge is 2.44. The van der Waals surface area contributed by atoms with Crippen molar-refractivity contribution in [2.45, 2.75) is 210 Å². The van der Waals surface area contributed by atoms with E-state index in [4.69, 9.17) is 9.47 Å². The Labute approximate surface area is 296 Å². The standard InChI is InChI=1S/C38H73NO10/c1-3-5-7-9-11-13-14-15-16-17-18-20-22-24-26-31(42)37(47)39-29(28-48-38-36(46)35(45)34(44)32(27-40)49-38)33(43)30(41)25-23-21-19-12-10-8-6-4-2/h12,19,29-36,38,40-46H,3-11,13-18,20-28H2,1-2H3,(H,39,47)/b19-12+. The lowest BCUT2D eigenvalue weighted by Crippen LogP contribution is -2.60. The van der Waals surface area contributed by atoms with Gasteiger partial charge in [-0.05, 0) is 38.5 Å². The number of carbonyl (C=O) groups is 1. The SMILES string of the molecule is CCCCC/C=C/CCCC(O)C(O)C(COC1OC(CO)C(O)C(O)C1O)NC(=O)C(O)CCCCCCCCCCCCCCCC. The van der Waals surface area contributed by atoms with Crippen LogP contribution in [0.3, 0.4) is 0 Å². The fourth-order valence-electron chi connectivity index (χ4n) is 6.20. The van der Waals surface area contributed by atoms with Crippen molar-refractivity contribution in [2.75, 3.05) is 13.2 Å². The molecule has 0 aliphatic carbocycles. The van der Waals surface area contributed by atoms with Gasteiger partial charge in [0.05, 0.1) is 25.4 Å². The summed E-state index contributed by atoms with van der Waals surface area (Å²) in [6, 6.07) is -1.18. The number of aliphatic hydroxyl groups excluding tert-OH is 7. The molecule has 49 heavy (non-hydrogen) atoms. The van der Waals surface area contributed by atoms with Gasteiger partial charge in [-0.25, -0.2) is 0 Å². The first-order valence-corrected chi connectivity index (χ1v) is 19.6. The molecule has 1 fully saturated rings. The van der Waals surface area contributed by atoms with E-state index in [9.17, 15) is 40.5 Å². The predicted molar refractivity (Wildman–Crippen MR) is 192 cm³/mol. The van der Waals surface area contributed by atoms with Gasteiger partial charge in [0.25, 0.3) is 0 Å². The fraction of sp³-hybridized carbons (Fsp3) is 0.921. The van der Waals surface area contributed by atoms with Crippen LogP contribution in [-0.2, 0) is 14.3 Å². The molecule has 0 aromatic rings. The highest BCUT2D eigenvalue weighted by Crippen LogP contribution is 2.23. The van der Waals surface area contributed by atoms with E-state index in [2.05, 4.69) is 31.3 Å². The van der Waals surface area contributed by atoms with Crippen LogP contribution in [-0.4, -0.2) is 110 Å². The zero-order valence-electron chi connectivity index (χ0n) is 30.7. The molecule has 0 aromatic heterocycles. The summed E-state index contributed by atoms with van der Waals surface area (Å²) in [7, 11) is 0. The van der Waals surface area contributed by atoms with Crippen molar-refractivity contribution in [1.29, 1.82) is 0 Å². The lowest BCUT2D eigenvalue weighted by Gasteiger charge is -2.40. The van der Waals surface area contributed by atoms with Gasteiger partial charge in [-0.3, -0.25) is 4.79 Å². The van der Waals surface area contributed by atoms with Crippen LogP contribution < -0.4 is 5.32 Å². The van der Waals surface area contributed by atoms with Crippen LogP contribution in [0.1, 0.15) is 155 Å². The van der Waals surface area contributed by atoms with Crippen LogP contribution in [0.4, 0.5) is 0 Å². The van der Waals surface area contributed by atoms with Gasteiger partial charge in [0.2, 0.25) is 5.91 Å². The summed E-state index contributed by atoms with van der Waals surface area (Å²) in [5.41, 5.74) is 0. The molecule has 0 bridgehead atoms. The Morgan fingerprint density at radius 1 is 0.694 bits per heavy atom. The van der Waals surface area contributed by atoms with E-state index in [1.807, 2.05) is 0 Å². The molecule has 9 atom stereocenters. The summed E-state index contributed by atoms with van der Waals surface area (Å²) in [6.07, 6.45) is 15.8. The van der Waals surface area contributed by atoms with E-state index >= 15 is 0 Å². The number of hydrogen-bond donors (Lipinski definition) is 8. The number of unbranched alkanes of at least 4 members (excludes halogenated alkanes) is 17. The predicted octanol–water partition coefficient (Wildman–Crippen LogP) is 4.55. The molecule has 1 heterocycles. The second-order valence-electron chi connectivity index (χ2n) is 14.0. The van der Waals surface area contributed by atoms with E-state index in [-0.39, 0.29) is 12.8 Å². The Morgan fingerprint density at radius 3 is 1.76 bits per heavy atom. The highest BCUT2D eigenvalue weighted by atomic mass is 16.7. The van der Waals surface area contributed by atoms with Gasteiger partial charge in [-0.1, -0.05) is 129 Å². The fourth-order valence-corrected chi connectivity index (χ4v) is 6.20. The maximum Gasteiger partial charge on any atom is 0.249 e. The van der Waals surface area contributed by atoms with Crippen LogP contribution in [0.15, 0.2) is 12.2 Å². The number of nitrogens with one attached hydrogen (secondary N) is 1. The molecule has 0 radical (unpaired) electrons. The van der Waals surface area contributed by atoms with Crippen molar-refractivity contribution in [3.8, 4) is 0 Å². The van der Waals surface area contributed by atoms with Gasteiger partial charge in [0.1, 0.15) is 36.6 Å². The molecule has 11 heteroatoms. The number of hydrogen-bond acceptors (Lipinski definition) is 10. The Kier molecular flexibility index (Phi) is 27.6. The first-order valence-electron chi connectivity index (χ1n) is 19.6. The smallest absolute Gasteiger partial charge is 0.249 e. The quantitative estimate of drug-likeness (QED) is 0.0376. The first-order chi connectivity index (χ1) is 23.7. The monoisotopic (exact) mass is 704 g/mol. The van der Waals surface area contributed by atoms with Crippen LogP contribution in [0.5, 0.6) is 0 Å².